The van der Waals surface area contributed by atoms with E-state index >= 15 is 0 Å². The highest BCUT2D eigenvalue weighted by Gasteiger charge is 2.33. The monoisotopic (exact) mass is 579 g/mol. The lowest BCUT2D eigenvalue weighted by atomic mass is 10.0. The summed E-state index contributed by atoms with van der Waals surface area (Å²) >= 11 is 19.4. The van der Waals surface area contributed by atoms with Gasteiger partial charge in [-0.3, -0.25) is 0 Å². The van der Waals surface area contributed by atoms with Gasteiger partial charge in [0.25, 0.3) is 0 Å². The predicted molar refractivity (Wildman–Crippen MR) is 148 cm³/mol. The van der Waals surface area contributed by atoms with E-state index in [1.807, 2.05) is 6.07 Å². The molecule has 0 saturated heterocycles. The number of hydrogen-bond acceptors (Lipinski definition) is 5. The van der Waals surface area contributed by atoms with Gasteiger partial charge in [0.15, 0.2) is 0 Å². The summed E-state index contributed by atoms with van der Waals surface area (Å²) < 4.78 is 17.3. The van der Waals surface area contributed by atoms with Crippen LogP contribution in [0, 0.1) is 11.8 Å². The first kappa shape index (κ1) is 25.6. The maximum absolute atomic E-state index is 11.6. The Morgan fingerprint density at radius 1 is 1.05 bits per heavy atom. The number of carboxylic acids is 1. The van der Waals surface area contributed by atoms with E-state index in [-0.39, 0.29) is 12.2 Å². The SMILES string of the molecule is O=C(O)c1cc(C#Cc2ccc(OCc3c(-c4c(Cl)cccc4Cl)noc3C3CC3)cc2Cl)cc2c1OCC2. The Bertz CT molecular complexity index is 1660. The van der Waals surface area contributed by atoms with Crippen molar-refractivity contribution in [3.8, 4) is 34.6 Å². The number of carbonyl (C=O) groups is 1. The molecule has 1 N–H and O–H groups in total. The van der Waals surface area contributed by atoms with Crippen molar-refractivity contribution in [1.82, 2.24) is 5.16 Å². The molecule has 3 aromatic carbocycles. The van der Waals surface area contributed by atoms with Crippen LogP contribution in [0.25, 0.3) is 11.3 Å². The summed E-state index contributed by atoms with van der Waals surface area (Å²) in [5.41, 5.74) is 4.11. The number of carboxylic acid groups (broad SMARTS) is 1. The summed E-state index contributed by atoms with van der Waals surface area (Å²) in [6.45, 7) is 0.659. The number of rotatable bonds is 6. The zero-order valence-corrected chi connectivity index (χ0v) is 22.7. The summed E-state index contributed by atoms with van der Waals surface area (Å²) in [6.07, 6.45) is 2.71. The molecule has 2 heterocycles. The van der Waals surface area contributed by atoms with E-state index in [0.29, 0.717) is 67.9 Å². The van der Waals surface area contributed by atoms with Gasteiger partial charge in [-0.05, 0) is 54.8 Å². The normalized spacial score (nSPS) is 13.8. The van der Waals surface area contributed by atoms with E-state index in [1.165, 1.54) is 6.07 Å². The maximum atomic E-state index is 11.6. The largest absolute Gasteiger partial charge is 0.492 e. The summed E-state index contributed by atoms with van der Waals surface area (Å²) in [4.78, 5) is 11.6. The number of ether oxygens (including phenoxy) is 2. The molecule has 1 fully saturated rings. The van der Waals surface area contributed by atoms with Crippen LogP contribution in [0.5, 0.6) is 11.5 Å². The molecule has 4 aromatic rings. The van der Waals surface area contributed by atoms with Crippen LogP contribution in [0.2, 0.25) is 15.1 Å². The molecule has 196 valence electrons. The van der Waals surface area contributed by atoms with Crippen molar-refractivity contribution in [1.29, 1.82) is 0 Å². The minimum atomic E-state index is -1.05. The first-order valence-electron chi connectivity index (χ1n) is 12.3. The molecule has 0 amide bonds. The van der Waals surface area contributed by atoms with Gasteiger partial charge in [0.05, 0.1) is 27.2 Å². The Kier molecular flexibility index (Phi) is 6.90. The van der Waals surface area contributed by atoms with Crippen molar-refractivity contribution in [3.05, 3.63) is 97.2 Å². The number of hydrogen-bond donors (Lipinski definition) is 1. The van der Waals surface area contributed by atoms with Crippen molar-refractivity contribution in [2.45, 2.75) is 31.8 Å². The number of nitrogens with zero attached hydrogens (tertiary/aromatic N) is 1. The fraction of sp³-hybridized carbons (Fsp3) is 0.200. The lowest BCUT2D eigenvalue weighted by Crippen LogP contribution is -2.01. The second-order valence-electron chi connectivity index (χ2n) is 9.34. The van der Waals surface area contributed by atoms with E-state index in [1.54, 1.807) is 36.4 Å². The van der Waals surface area contributed by atoms with Gasteiger partial charge in [-0.1, -0.05) is 57.9 Å². The molecule has 1 aliphatic heterocycles. The van der Waals surface area contributed by atoms with E-state index in [0.717, 1.165) is 29.7 Å². The van der Waals surface area contributed by atoms with Gasteiger partial charge in [0.2, 0.25) is 0 Å². The summed E-state index contributed by atoms with van der Waals surface area (Å²) in [5, 5.41) is 15.2. The van der Waals surface area contributed by atoms with Crippen molar-refractivity contribution < 1.29 is 23.9 Å². The average Bonchev–Trinajstić information content (AvgIpc) is 3.49. The Labute approximate surface area is 239 Å². The third-order valence-corrected chi connectivity index (χ3v) is 7.59. The summed E-state index contributed by atoms with van der Waals surface area (Å²) in [6, 6.07) is 13.9. The zero-order valence-electron chi connectivity index (χ0n) is 20.4. The second kappa shape index (κ2) is 10.5. The number of halogens is 3. The number of aromatic carboxylic acids is 1. The van der Waals surface area contributed by atoms with Crippen LogP contribution < -0.4 is 9.47 Å². The fourth-order valence-electron chi connectivity index (χ4n) is 4.57. The number of aromatic nitrogens is 1. The zero-order chi connectivity index (χ0) is 27.1. The fourth-order valence-corrected chi connectivity index (χ4v) is 5.36. The smallest absolute Gasteiger partial charge is 0.339 e. The standard InChI is InChI=1S/C30H20Cl3NO5/c31-23-2-1-3-24(32)26(23)27-22(29(39-34-27)18-6-7-18)15-38-20-9-8-17(25(33)14-20)5-4-16-12-19-10-11-37-28(19)21(13-16)30(35)36/h1-3,8-9,12-14,18H,6-7,10-11,15H2,(H,35,36). The van der Waals surface area contributed by atoms with Gasteiger partial charge in [-0.15, -0.1) is 0 Å². The predicted octanol–water partition coefficient (Wildman–Crippen LogP) is 7.79. The minimum Gasteiger partial charge on any atom is -0.492 e. The number of fused-ring (bicyclic) bond motifs is 1. The molecular weight excluding hydrogens is 561 g/mol. The molecule has 1 aliphatic carbocycles. The highest BCUT2D eigenvalue weighted by atomic mass is 35.5. The molecule has 0 atom stereocenters. The average molecular weight is 581 g/mol. The van der Waals surface area contributed by atoms with Crippen LogP contribution in [-0.2, 0) is 13.0 Å². The highest BCUT2D eigenvalue weighted by molar-refractivity contribution is 6.39. The van der Waals surface area contributed by atoms with E-state index in [2.05, 4.69) is 17.0 Å². The molecule has 0 bridgehead atoms. The maximum Gasteiger partial charge on any atom is 0.339 e. The minimum absolute atomic E-state index is 0.112. The van der Waals surface area contributed by atoms with Gasteiger partial charge in [-0.25, -0.2) is 4.79 Å². The Balaban J connectivity index is 1.24. The number of benzene rings is 3. The molecule has 0 unspecified atom stereocenters. The van der Waals surface area contributed by atoms with Gasteiger partial charge < -0.3 is 19.1 Å². The Hall–Kier alpha value is -3.63. The van der Waals surface area contributed by atoms with E-state index in [4.69, 9.17) is 48.8 Å². The molecule has 6 nitrogen and oxygen atoms in total. The molecule has 1 aromatic heterocycles. The summed E-state index contributed by atoms with van der Waals surface area (Å²) in [5.74, 6) is 7.07. The molecule has 0 spiro atoms. The molecule has 9 heteroatoms. The van der Waals surface area contributed by atoms with Crippen molar-refractivity contribution >= 4 is 40.8 Å². The lowest BCUT2D eigenvalue weighted by molar-refractivity contribution is 0.0693. The lowest BCUT2D eigenvalue weighted by Gasteiger charge is -2.10. The quantitative estimate of drug-likeness (QED) is 0.234. The van der Waals surface area contributed by atoms with Crippen molar-refractivity contribution in [3.63, 3.8) is 0 Å². The Morgan fingerprint density at radius 2 is 1.85 bits per heavy atom. The first-order valence-corrected chi connectivity index (χ1v) is 13.4. The van der Waals surface area contributed by atoms with Crippen LogP contribution in [0.3, 0.4) is 0 Å². The van der Waals surface area contributed by atoms with Gasteiger partial charge in [-0.2, -0.15) is 0 Å². The molecule has 39 heavy (non-hydrogen) atoms. The van der Waals surface area contributed by atoms with Crippen LogP contribution in [0.15, 0.2) is 53.1 Å². The van der Waals surface area contributed by atoms with Crippen LogP contribution in [0.4, 0.5) is 0 Å². The second-order valence-corrected chi connectivity index (χ2v) is 10.6. The van der Waals surface area contributed by atoms with Crippen molar-refractivity contribution in [2.75, 3.05) is 6.61 Å². The van der Waals surface area contributed by atoms with Crippen molar-refractivity contribution in [2.24, 2.45) is 0 Å². The van der Waals surface area contributed by atoms with Crippen LogP contribution in [0.1, 0.15) is 57.1 Å². The third kappa shape index (κ3) is 5.18. The molecular formula is C30H20Cl3NO5. The van der Waals surface area contributed by atoms with Gasteiger partial charge >= 0.3 is 5.97 Å². The molecule has 1 saturated carbocycles. The topological polar surface area (TPSA) is 81.8 Å². The first-order chi connectivity index (χ1) is 18.9. The molecule has 6 rings (SSSR count). The van der Waals surface area contributed by atoms with Gasteiger partial charge in [0.1, 0.15) is 35.1 Å². The molecule has 2 aliphatic rings. The summed E-state index contributed by atoms with van der Waals surface area (Å²) in [7, 11) is 0. The van der Waals surface area contributed by atoms with E-state index < -0.39 is 5.97 Å². The third-order valence-electron chi connectivity index (χ3n) is 6.65. The highest BCUT2D eigenvalue weighted by Crippen LogP contribution is 2.46. The molecule has 0 radical (unpaired) electrons. The Morgan fingerprint density at radius 3 is 2.56 bits per heavy atom. The van der Waals surface area contributed by atoms with Gasteiger partial charge in [0, 0.05) is 35.1 Å². The van der Waals surface area contributed by atoms with Crippen LogP contribution in [-0.4, -0.2) is 22.8 Å². The van der Waals surface area contributed by atoms with E-state index in [9.17, 15) is 9.90 Å². The van der Waals surface area contributed by atoms with Crippen LogP contribution >= 0.6 is 34.8 Å².